The fourth-order valence-electron chi connectivity index (χ4n) is 2.15. The molecule has 1 fully saturated rings. The second-order valence-electron chi connectivity index (χ2n) is 6.26. The Morgan fingerprint density at radius 3 is 2.90 bits per heavy atom. The van der Waals surface area contributed by atoms with Crippen molar-refractivity contribution in [1.29, 1.82) is 0 Å². The van der Waals surface area contributed by atoms with Crippen molar-refractivity contribution >= 4 is 28.2 Å². The van der Waals surface area contributed by atoms with E-state index in [4.69, 9.17) is 10.5 Å². The second kappa shape index (κ2) is 6.19. The molecule has 7 heteroatoms. The zero-order valence-electron chi connectivity index (χ0n) is 13.1. The van der Waals surface area contributed by atoms with Crippen LogP contribution in [0.1, 0.15) is 43.8 Å². The molecule has 0 aliphatic carbocycles. The minimum Gasteiger partial charge on any atom is -0.382 e. The predicted octanol–water partition coefficient (Wildman–Crippen LogP) is 2.19. The zero-order chi connectivity index (χ0) is 15.6. The van der Waals surface area contributed by atoms with E-state index in [1.807, 2.05) is 25.7 Å². The van der Waals surface area contributed by atoms with Crippen molar-refractivity contribution in [2.75, 3.05) is 30.7 Å². The molecule has 21 heavy (non-hydrogen) atoms. The Labute approximate surface area is 129 Å². The Morgan fingerprint density at radius 2 is 2.29 bits per heavy atom. The van der Waals surface area contributed by atoms with Crippen molar-refractivity contribution in [2.24, 2.45) is 0 Å². The van der Waals surface area contributed by atoms with Crippen molar-refractivity contribution in [1.82, 2.24) is 9.88 Å². The minimum absolute atomic E-state index is 0.0475. The van der Waals surface area contributed by atoms with Gasteiger partial charge in [0.1, 0.15) is 10.7 Å². The van der Waals surface area contributed by atoms with Gasteiger partial charge < -0.3 is 20.7 Å². The average molecular weight is 312 g/mol. The summed E-state index contributed by atoms with van der Waals surface area (Å²) in [7, 11) is 0. The number of carbonyl (C=O) groups is 1. The summed E-state index contributed by atoms with van der Waals surface area (Å²) in [6.07, 6.45) is 1.02. The third-order valence-corrected chi connectivity index (χ3v) is 4.19. The van der Waals surface area contributed by atoms with Crippen LogP contribution in [0.3, 0.4) is 0 Å². The number of amides is 1. The maximum absolute atomic E-state index is 12.6. The highest BCUT2D eigenvalue weighted by atomic mass is 32.1. The van der Waals surface area contributed by atoms with Crippen molar-refractivity contribution in [3.8, 4) is 0 Å². The maximum atomic E-state index is 12.6. The largest absolute Gasteiger partial charge is 0.382 e. The van der Waals surface area contributed by atoms with Crippen LogP contribution in [0.25, 0.3) is 0 Å². The monoisotopic (exact) mass is 312 g/mol. The fourth-order valence-corrected chi connectivity index (χ4v) is 3.21. The number of nitrogens with two attached hydrogens (primary N) is 1. The van der Waals surface area contributed by atoms with E-state index >= 15 is 0 Å². The van der Waals surface area contributed by atoms with Crippen LogP contribution in [0.4, 0.5) is 10.9 Å². The first-order valence-corrected chi connectivity index (χ1v) is 8.07. The molecule has 2 rings (SSSR count). The van der Waals surface area contributed by atoms with Gasteiger partial charge in [0.05, 0.1) is 12.7 Å². The number of nitrogens with zero attached hydrogens (tertiary/aromatic N) is 2. The lowest BCUT2D eigenvalue weighted by Gasteiger charge is -2.32. The van der Waals surface area contributed by atoms with Gasteiger partial charge in [-0.25, -0.2) is 4.98 Å². The Balaban J connectivity index is 2.12. The molecule has 0 spiro atoms. The molecule has 1 unspecified atom stereocenters. The molecular weight excluding hydrogens is 288 g/mol. The number of rotatable bonds is 3. The summed E-state index contributed by atoms with van der Waals surface area (Å²) >= 11 is 1.32. The van der Waals surface area contributed by atoms with Crippen molar-refractivity contribution in [2.45, 2.75) is 45.8 Å². The SMILES string of the molecule is CCC1CN(C(=O)c2sc(NC(C)(C)C)nc2N)CCO1. The van der Waals surface area contributed by atoms with E-state index in [9.17, 15) is 4.79 Å². The van der Waals surface area contributed by atoms with Crippen LogP contribution in [-0.4, -0.2) is 47.1 Å². The van der Waals surface area contributed by atoms with Crippen LogP contribution in [0.15, 0.2) is 0 Å². The van der Waals surface area contributed by atoms with Crippen LogP contribution < -0.4 is 11.1 Å². The Kier molecular flexibility index (Phi) is 4.73. The highest BCUT2D eigenvalue weighted by molar-refractivity contribution is 7.18. The van der Waals surface area contributed by atoms with Gasteiger partial charge in [-0.15, -0.1) is 0 Å². The van der Waals surface area contributed by atoms with Gasteiger partial charge >= 0.3 is 0 Å². The summed E-state index contributed by atoms with van der Waals surface area (Å²) in [4.78, 5) is 19.2. The molecule has 0 radical (unpaired) electrons. The molecule has 1 aliphatic rings. The van der Waals surface area contributed by atoms with Crippen LogP contribution in [0.2, 0.25) is 0 Å². The molecule has 1 aromatic heterocycles. The molecule has 1 amide bonds. The van der Waals surface area contributed by atoms with E-state index in [2.05, 4.69) is 17.2 Å². The number of morpholine rings is 1. The Morgan fingerprint density at radius 1 is 1.57 bits per heavy atom. The number of anilines is 2. The van der Waals surface area contributed by atoms with E-state index < -0.39 is 0 Å². The van der Waals surface area contributed by atoms with E-state index in [0.717, 1.165) is 6.42 Å². The van der Waals surface area contributed by atoms with Gasteiger partial charge in [0.25, 0.3) is 5.91 Å². The van der Waals surface area contributed by atoms with Crippen LogP contribution in [-0.2, 0) is 4.74 Å². The molecule has 1 saturated heterocycles. The van der Waals surface area contributed by atoms with Crippen molar-refractivity contribution in [3.05, 3.63) is 4.88 Å². The predicted molar refractivity (Wildman–Crippen MR) is 85.8 cm³/mol. The molecule has 0 saturated carbocycles. The number of hydrogen-bond donors (Lipinski definition) is 2. The first kappa shape index (κ1) is 16.0. The Bertz CT molecular complexity index is 510. The van der Waals surface area contributed by atoms with Gasteiger partial charge in [-0.1, -0.05) is 18.3 Å². The van der Waals surface area contributed by atoms with E-state index in [1.165, 1.54) is 11.3 Å². The van der Waals surface area contributed by atoms with Gasteiger partial charge in [0, 0.05) is 18.6 Å². The number of nitrogens with one attached hydrogen (secondary N) is 1. The van der Waals surface area contributed by atoms with Crippen molar-refractivity contribution < 1.29 is 9.53 Å². The highest BCUT2D eigenvalue weighted by Crippen LogP contribution is 2.29. The molecule has 0 aromatic carbocycles. The summed E-state index contributed by atoms with van der Waals surface area (Å²) in [5.74, 6) is 0.255. The normalized spacial score (nSPS) is 19.6. The molecule has 0 bridgehead atoms. The van der Waals surface area contributed by atoms with Gasteiger partial charge in [-0.05, 0) is 27.2 Å². The molecule has 6 nitrogen and oxygen atoms in total. The smallest absolute Gasteiger partial charge is 0.268 e. The summed E-state index contributed by atoms with van der Waals surface area (Å²) in [6.45, 7) is 9.99. The second-order valence-corrected chi connectivity index (χ2v) is 7.26. The molecule has 2 heterocycles. The molecule has 1 aliphatic heterocycles. The van der Waals surface area contributed by atoms with E-state index in [-0.39, 0.29) is 17.6 Å². The summed E-state index contributed by atoms with van der Waals surface area (Å²) in [5, 5.41) is 3.94. The molecule has 3 N–H and O–H groups in total. The minimum atomic E-state index is -0.114. The van der Waals surface area contributed by atoms with E-state index in [0.29, 0.717) is 35.5 Å². The topological polar surface area (TPSA) is 80.5 Å². The third kappa shape index (κ3) is 4.07. The van der Waals surface area contributed by atoms with Gasteiger partial charge in [-0.3, -0.25) is 4.79 Å². The average Bonchev–Trinajstić information content (AvgIpc) is 2.76. The lowest BCUT2D eigenvalue weighted by molar-refractivity contribution is -0.0224. The summed E-state index contributed by atoms with van der Waals surface area (Å²) < 4.78 is 5.59. The molecular formula is C14H24N4O2S. The number of carbonyl (C=O) groups excluding carboxylic acids is 1. The van der Waals surface area contributed by atoms with Gasteiger partial charge in [0.2, 0.25) is 0 Å². The fraction of sp³-hybridized carbons (Fsp3) is 0.714. The first-order valence-electron chi connectivity index (χ1n) is 7.25. The molecule has 1 aromatic rings. The maximum Gasteiger partial charge on any atom is 0.268 e. The third-order valence-electron chi connectivity index (χ3n) is 3.21. The Hall–Kier alpha value is -1.34. The van der Waals surface area contributed by atoms with Crippen LogP contribution >= 0.6 is 11.3 Å². The number of thiazole rings is 1. The summed E-state index contributed by atoms with van der Waals surface area (Å²) in [5.41, 5.74) is 5.80. The standard InChI is InChI=1S/C14H24N4O2S/c1-5-9-8-18(6-7-20-9)12(19)10-11(15)16-13(21-10)17-14(2,3)4/h9H,5-8,15H2,1-4H3,(H,16,17). The number of ether oxygens (including phenoxy) is 1. The lowest BCUT2D eigenvalue weighted by atomic mass is 10.1. The zero-order valence-corrected chi connectivity index (χ0v) is 13.9. The first-order chi connectivity index (χ1) is 9.80. The number of nitrogen functional groups attached to an aromatic ring is 1. The highest BCUT2D eigenvalue weighted by Gasteiger charge is 2.27. The van der Waals surface area contributed by atoms with Crippen LogP contribution in [0.5, 0.6) is 0 Å². The number of hydrogen-bond acceptors (Lipinski definition) is 6. The van der Waals surface area contributed by atoms with Crippen molar-refractivity contribution in [3.63, 3.8) is 0 Å². The van der Waals surface area contributed by atoms with Crippen LogP contribution in [0, 0.1) is 0 Å². The number of aromatic nitrogens is 1. The van der Waals surface area contributed by atoms with Gasteiger partial charge in [0.15, 0.2) is 5.13 Å². The van der Waals surface area contributed by atoms with Gasteiger partial charge in [-0.2, -0.15) is 0 Å². The lowest BCUT2D eigenvalue weighted by Crippen LogP contribution is -2.45. The molecule has 1 atom stereocenters. The quantitative estimate of drug-likeness (QED) is 0.894. The summed E-state index contributed by atoms with van der Waals surface area (Å²) in [6, 6.07) is 0. The molecule has 118 valence electrons. The van der Waals surface area contributed by atoms with E-state index in [1.54, 1.807) is 0 Å².